The number of carboxylic acid groups (broad SMARTS) is 1. The molecule has 4 aromatic rings. The van der Waals surface area contributed by atoms with E-state index in [9.17, 15) is 4.79 Å². The van der Waals surface area contributed by atoms with Crippen LogP contribution in [0.5, 0.6) is 11.5 Å². The van der Waals surface area contributed by atoms with Crippen LogP contribution in [0.3, 0.4) is 0 Å². The summed E-state index contributed by atoms with van der Waals surface area (Å²) >= 11 is 0. The number of ether oxygens (including phenoxy) is 2. The number of aryl methyl sites for hydroxylation is 1. The van der Waals surface area contributed by atoms with Gasteiger partial charge in [-0.05, 0) is 64.4 Å². The molecular weight excluding hydrogens is 424 g/mol. The Morgan fingerprint density at radius 1 is 1.03 bits per heavy atom. The van der Waals surface area contributed by atoms with Crippen LogP contribution in [0.25, 0.3) is 21.9 Å². The van der Waals surface area contributed by atoms with E-state index in [-0.39, 0.29) is 18.4 Å². The zero-order chi connectivity index (χ0) is 23.2. The van der Waals surface area contributed by atoms with Crippen molar-refractivity contribution in [3.05, 3.63) is 95.1 Å². The van der Waals surface area contributed by atoms with Gasteiger partial charge >= 0.3 is 5.97 Å². The van der Waals surface area contributed by atoms with Crippen LogP contribution in [0.2, 0.25) is 0 Å². The van der Waals surface area contributed by atoms with E-state index < -0.39 is 5.97 Å². The smallest absolute Gasteiger partial charge is 0.304 e. The van der Waals surface area contributed by atoms with E-state index in [0.717, 1.165) is 29.9 Å². The van der Waals surface area contributed by atoms with Crippen LogP contribution >= 0.6 is 0 Å². The SMILES string of the molecule is Cc1ccc2ccccc2c1-c1cccc2c1CC[C@H]2Oc1ccc2c(c1)OCC2CC(=O)O. The minimum absolute atomic E-state index is 0.0143. The van der Waals surface area contributed by atoms with Crippen molar-refractivity contribution in [1.29, 1.82) is 0 Å². The highest BCUT2D eigenvalue weighted by atomic mass is 16.5. The van der Waals surface area contributed by atoms with Gasteiger partial charge < -0.3 is 14.6 Å². The number of hydrogen-bond acceptors (Lipinski definition) is 3. The second-order valence-electron chi connectivity index (χ2n) is 9.30. The van der Waals surface area contributed by atoms with Crippen LogP contribution in [0.15, 0.2) is 72.8 Å². The van der Waals surface area contributed by atoms with Crippen LogP contribution in [0, 0.1) is 6.92 Å². The fraction of sp³-hybridized carbons (Fsp3) is 0.233. The Bertz CT molecular complexity index is 1420. The van der Waals surface area contributed by atoms with Gasteiger partial charge in [0.2, 0.25) is 0 Å². The molecule has 6 rings (SSSR count). The molecule has 2 atom stereocenters. The van der Waals surface area contributed by atoms with Gasteiger partial charge in [0.15, 0.2) is 0 Å². The van der Waals surface area contributed by atoms with E-state index in [4.69, 9.17) is 14.6 Å². The molecule has 4 nitrogen and oxygen atoms in total. The molecule has 0 bridgehead atoms. The second kappa shape index (κ2) is 8.21. The summed E-state index contributed by atoms with van der Waals surface area (Å²) < 4.78 is 12.2. The molecule has 34 heavy (non-hydrogen) atoms. The molecule has 2 aliphatic rings. The highest BCUT2D eigenvalue weighted by molar-refractivity contribution is 5.99. The maximum absolute atomic E-state index is 11.1. The Morgan fingerprint density at radius 2 is 1.91 bits per heavy atom. The van der Waals surface area contributed by atoms with Gasteiger partial charge in [0.05, 0.1) is 13.0 Å². The van der Waals surface area contributed by atoms with E-state index in [2.05, 4.69) is 61.5 Å². The summed E-state index contributed by atoms with van der Waals surface area (Å²) in [5.74, 6) is 0.600. The Hall–Kier alpha value is -3.79. The molecular formula is C30H26O4. The molecule has 170 valence electrons. The molecule has 0 saturated carbocycles. The summed E-state index contributed by atoms with van der Waals surface area (Å²) in [6.45, 7) is 2.59. The molecule has 1 aliphatic carbocycles. The van der Waals surface area contributed by atoms with Gasteiger partial charge in [-0.2, -0.15) is 0 Å². The van der Waals surface area contributed by atoms with E-state index >= 15 is 0 Å². The number of aliphatic carboxylic acids is 1. The molecule has 0 spiro atoms. The zero-order valence-electron chi connectivity index (χ0n) is 19.1. The number of rotatable bonds is 5. The summed E-state index contributed by atoms with van der Waals surface area (Å²) in [5.41, 5.74) is 7.46. The zero-order valence-corrected chi connectivity index (χ0v) is 19.1. The maximum atomic E-state index is 11.1. The Balaban J connectivity index is 1.32. The van der Waals surface area contributed by atoms with Gasteiger partial charge in [-0.1, -0.05) is 60.7 Å². The standard InChI is InChI=1S/C30H26O4/c1-18-9-10-19-5-2-3-6-23(19)30(18)26-8-4-7-25-24(26)13-14-27(25)34-21-11-12-22-20(15-29(31)32)17-33-28(22)16-21/h2-12,16,20,27H,13-15,17H2,1H3,(H,31,32)/t20?,27-/m1/s1. The van der Waals surface area contributed by atoms with Crippen molar-refractivity contribution in [3.63, 3.8) is 0 Å². The van der Waals surface area contributed by atoms with Crippen molar-refractivity contribution in [2.75, 3.05) is 6.61 Å². The van der Waals surface area contributed by atoms with Gasteiger partial charge in [-0.3, -0.25) is 4.79 Å². The van der Waals surface area contributed by atoms with E-state index in [1.54, 1.807) is 0 Å². The minimum Gasteiger partial charge on any atom is -0.492 e. The first-order valence-electron chi connectivity index (χ1n) is 11.8. The van der Waals surface area contributed by atoms with Gasteiger partial charge in [0, 0.05) is 17.5 Å². The number of carboxylic acids is 1. The average molecular weight is 451 g/mol. The van der Waals surface area contributed by atoms with Crippen molar-refractivity contribution in [2.24, 2.45) is 0 Å². The van der Waals surface area contributed by atoms with Gasteiger partial charge in [0.25, 0.3) is 0 Å². The van der Waals surface area contributed by atoms with Crippen molar-refractivity contribution >= 4 is 16.7 Å². The van der Waals surface area contributed by atoms with Gasteiger partial charge in [-0.15, -0.1) is 0 Å². The molecule has 4 aromatic carbocycles. The predicted octanol–water partition coefficient (Wildman–Crippen LogP) is 6.83. The normalized spacial score (nSPS) is 18.4. The van der Waals surface area contributed by atoms with Crippen molar-refractivity contribution in [3.8, 4) is 22.6 Å². The lowest BCUT2D eigenvalue weighted by atomic mass is 9.90. The molecule has 0 fully saturated rings. The molecule has 1 heterocycles. The number of carbonyl (C=O) groups is 1. The van der Waals surface area contributed by atoms with Crippen LogP contribution < -0.4 is 9.47 Å². The predicted molar refractivity (Wildman–Crippen MR) is 133 cm³/mol. The quantitative estimate of drug-likeness (QED) is 0.362. The molecule has 4 heteroatoms. The van der Waals surface area contributed by atoms with Crippen molar-refractivity contribution < 1.29 is 19.4 Å². The first-order chi connectivity index (χ1) is 16.6. The first-order valence-corrected chi connectivity index (χ1v) is 11.8. The van der Waals surface area contributed by atoms with Gasteiger partial charge in [0.1, 0.15) is 17.6 Å². The minimum atomic E-state index is -0.804. The van der Waals surface area contributed by atoms with Crippen LogP contribution in [0.4, 0.5) is 0 Å². The Morgan fingerprint density at radius 3 is 2.79 bits per heavy atom. The van der Waals surface area contributed by atoms with Crippen LogP contribution in [-0.2, 0) is 11.2 Å². The maximum Gasteiger partial charge on any atom is 0.304 e. The third-order valence-corrected chi connectivity index (χ3v) is 7.19. The molecule has 0 radical (unpaired) electrons. The summed E-state index contributed by atoms with van der Waals surface area (Å²) in [6, 6.07) is 25.4. The lowest BCUT2D eigenvalue weighted by Gasteiger charge is -2.18. The summed E-state index contributed by atoms with van der Waals surface area (Å²) in [5, 5.41) is 11.7. The fourth-order valence-electron chi connectivity index (χ4n) is 5.59. The number of hydrogen-bond donors (Lipinski definition) is 1. The first kappa shape index (κ1) is 20.8. The van der Waals surface area contributed by atoms with Crippen LogP contribution in [-0.4, -0.2) is 17.7 Å². The van der Waals surface area contributed by atoms with Crippen molar-refractivity contribution in [1.82, 2.24) is 0 Å². The van der Waals surface area contributed by atoms with E-state index in [1.165, 1.54) is 38.6 Å². The highest BCUT2D eigenvalue weighted by Crippen LogP contribution is 2.44. The fourth-order valence-corrected chi connectivity index (χ4v) is 5.59. The molecule has 1 aliphatic heterocycles. The molecule has 1 unspecified atom stereocenters. The largest absolute Gasteiger partial charge is 0.492 e. The van der Waals surface area contributed by atoms with Gasteiger partial charge in [-0.25, -0.2) is 0 Å². The summed E-state index contributed by atoms with van der Waals surface area (Å²) in [4.78, 5) is 11.1. The molecule has 1 N–H and O–H groups in total. The Labute approximate surface area is 198 Å². The topological polar surface area (TPSA) is 55.8 Å². The second-order valence-corrected chi connectivity index (χ2v) is 9.30. The Kier molecular flexibility index (Phi) is 5.02. The number of fused-ring (bicyclic) bond motifs is 3. The number of benzene rings is 4. The highest BCUT2D eigenvalue weighted by Gasteiger charge is 2.30. The lowest BCUT2D eigenvalue weighted by molar-refractivity contribution is -0.137. The lowest BCUT2D eigenvalue weighted by Crippen LogP contribution is -2.07. The third kappa shape index (κ3) is 3.50. The molecule has 0 aromatic heterocycles. The third-order valence-electron chi connectivity index (χ3n) is 7.19. The van der Waals surface area contributed by atoms with E-state index in [1.807, 2.05) is 18.2 Å². The average Bonchev–Trinajstić information content (AvgIpc) is 3.43. The summed E-state index contributed by atoms with van der Waals surface area (Å²) in [6.07, 6.45) is 1.97. The molecule has 0 saturated heterocycles. The van der Waals surface area contributed by atoms with E-state index in [0.29, 0.717) is 6.61 Å². The van der Waals surface area contributed by atoms with Crippen molar-refractivity contribution in [2.45, 2.75) is 38.2 Å². The molecule has 0 amide bonds. The van der Waals surface area contributed by atoms with Crippen LogP contribution in [0.1, 0.15) is 47.1 Å². The summed E-state index contributed by atoms with van der Waals surface area (Å²) in [7, 11) is 0. The monoisotopic (exact) mass is 450 g/mol.